The lowest BCUT2D eigenvalue weighted by Crippen LogP contribution is -1.95. The number of pyridine rings is 1. The smallest absolute Gasteiger partial charge is 0.138 e. The van der Waals surface area contributed by atoms with Crippen LogP contribution in [0.25, 0.3) is 42.7 Å². The highest BCUT2D eigenvalue weighted by Gasteiger charge is 2.10. The van der Waals surface area contributed by atoms with Crippen molar-refractivity contribution in [1.82, 2.24) is 9.97 Å². The maximum atomic E-state index is 5.88. The molecule has 5 heteroatoms. The van der Waals surface area contributed by atoms with Crippen LogP contribution in [0.5, 0.6) is 0 Å². The van der Waals surface area contributed by atoms with Gasteiger partial charge in [-0.2, -0.15) is 0 Å². The number of nitrogens with one attached hydrogen (secondary N) is 1. The number of nitrogens with zero attached hydrogens (tertiary/aromatic N) is 2. The van der Waals surface area contributed by atoms with Crippen molar-refractivity contribution in [2.45, 2.75) is 6.92 Å². The van der Waals surface area contributed by atoms with E-state index >= 15 is 0 Å². The number of benzene rings is 4. The predicted molar refractivity (Wildman–Crippen MR) is 145 cm³/mol. The normalized spacial score (nSPS) is 11.2. The molecule has 4 aromatic carbocycles. The van der Waals surface area contributed by atoms with Gasteiger partial charge >= 0.3 is 0 Å². The molecule has 0 aliphatic heterocycles. The molecule has 0 radical (unpaired) electrons. The number of nitrogen functional groups attached to an aromatic ring is 1. The van der Waals surface area contributed by atoms with Crippen molar-refractivity contribution in [2.75, 3.05) is 11.1 Å². The monoisotopic (exact) mass is 458 g/mol. The first-order chi connectivity index (χ1) is 16.6. The summed E-state index contributed by atoms with van der Waals surface area (Å²) in [5.74, 6) is 0.831. The van der Waals surface area contributed by atoms with Crippen LogP contribution in [-0.2, 0) is 0 Å². The van der Waals surface area contributed by atoms with Gasteiger partial charge < -0.3 is 11.1 Å². The zero-order valence-corrected chi connectivity index (χ0v) is 19.4. The van der Waals surface area contributed by atoms with Crippen LogP contribution in [0.1, 0.15) is 5.56 Å². The number of anilines is 3. The molecule has 0 spiro atoms. The second-order valence-electron chi connectivity index (χ2n) is 8.37. The molecule has 4 nitrogen and oxygen atoms in total. The average molecular weight is 459 g/mol. The number of thiazole rings is 1. The molecule has 0 saturated carbocycles. The first-order valence-corrected chi connectivity index (χ1v) is 11.9. The van der Waals surface area contributed by atoms with Gasteiger partial charge in [-0.15, -0.1) is 11.3 Å². The van der Waals surface area contributed by atoms with Crippen LogP contribution < -0.4 is 11.1 Å². The third-order valence-electron chi connectivity index (χ3n) is 5.97. The minimum atomic E-state index is 0.761. The van der Waals surface area contributed by atoms with Crippen LogP contribution in [0.2, 0.25) is 0 Å². The van der Waals surface area contributed by atoms with Gasteiger partial charge in [0.15, 0.2) is 0 Å². The van der Waals surface area contributed by atoms with E-state index in [0.29, 0.717) is 0 Å². The molecule has 0 saturated heterocycles. The lowest BCUT2D eigenvalue weighted by atomic mass is 9.99. The van der Waals surface area contributed by atoms with Gasteiger partial charge in [0.2, 0.25) is 0 Å². The summed E-state index contributed by atoms with van der Waals surface area (Å²) in [5.41, 5.74) is 13.3. The van der Waals surface area contributed by atoms with Gasteiger partial charge in [-0.05, 0) is 83.6 Å². The highest BCUT2D eigenvalue weighted by molar-refractivity contribution is 7.21. The molecule has 2 aromatic heterocycles. The van der Waals surface area contributed by atoms with Crippen LogP contribution in [-0.4, -0.2) is 9.97 Å². The zero-order valence-electron chi connectivity index (χ0n) is 18.6. The SMILES string of the molecule is Cc1ccc2nc(-c3ccc(Nc4nccc5c(-c6ccc(N)cc6)cccc45)cc3)sc2c1. The van der Waals surface area contributed by atoms with Crippen molar-refractivity contribution in [3.8, 4) is 21.7 Å². The second-order valence-corrected chi connectivity index (χ2v) is 9.41. The van der Waals surface area contributed by atoms with Gasteiger partial charge in [-0.3, -0.25) is 0 Å². The largest absolute Gasteiger partial charge is 0.399 e. The molecule has 2 heterocycles. The minimum Gasteiger partial charge on any atom is -0.399 e. The minimum absolute atomic E-state index is 0.761. The highest BCUT2D eigenvalue weighted by Crippen LogP contribution is 2.34. The summed E-state index contributed by atoms with van der Waals surface area (Å²) in [4.78, 5) is 9.43. The lowest BCUT2D eigenvalue weighted by Gasteiger charge is -2.12. The molecule has 0 amide bonds. The maximum absolute atomic E-state index is 5.88. The van der Waals surface area contributed by atoms with Crippen molar-refractivity contribution >= 4 is 49.5 Å². The summed E-state index contributed by atoms with van der Waals surface area (Å²) in [6.07, 6.45) is 1.85. The molecule has 6 aromatic rings. The Labute approximate surface area is 201 Å². The Morgan fingerprint density at radius 3 is 2.41 bits per heavy atom. The quantitative estimate of drug-likeness (QED) is 0.264. The van der Waals surface area contributed by atoms with Crippen LogP contribution in [0.15, 0.2) is 97.2 Å². The summed E-state index contributed by atoms with van der Waals surface area (Å²) >= 11 is 1.72. The fourth-order valence-corrected chi connectivity index (χ4v) is 5.28. The highest BCUT2D eigenvalue weighted by atomic mass is 32.1. The zero-order chi connectivity index (χ0) is 23.1. The fraction of sp³-hybridized carbons (Fsp3) is 0.0345. The molecular formula is C29H22N4S. The van der Waals surface area contributed by atoms with E-state index < -0.39 is 0 Å². The Kier molecular flexibility index (Phi) is 4.97. The molecular weight excluding hydrogens is 436 g/mol. The third-order valence-corrected chi connectivity index (χ3v) is 7.03. The number of hydrogen-bond donors (Lipinski definition) is 2. The predicted octanol–water partition coefficient (Wildman–Crippen LogP) is 7.81. The fourth-order valence-electron chi connectivity index (χ4n) is 4.21. The Balaban J connectivity index is 1.32. The van der Waals surface area contributed by atoms with Gasteiger partial charge in [0.05, 0.1) is 10.2 Å². The Morgan fingerprint density at radius 1 is 0.794 bits per heavy atom. The Hall–Kier alpha value is -4.22. The number of fused-ring (bicyclic) bond motifs is 2. The number of nitrogens with two attached hydrogens (primary N) is 1. The topological polar surface area (TPSA) is 63.8 Å². The van der Waals surface area contributed by atoms with E-state index in [-0.39, 0.29) is 0 Å². The molecule has 164 valence electrons. The number of hydrogen-bond acceptors (Lipinski definition) is 5. The summed E-state index contributed by atoms with van der Waals surface area (Å²) in [5, 5.41) is 6.75. The Bertz CT molecular complexity index is 1630. The van der Waals surface area contributed by atoms with Gasteiger partial charge in [0.1, 0.15) is 10.8 Å². The van der Waals surface area contributed by atoms with Crippen LogP contribution >= 0.6 is 11.3 Å². The number of aromatic nitrogens is 2. The molecule has 6 rings (SSSR count). The lowest BCUT2D eigenvalue weighted by molar-refractivity contribution is 1.34. The standard InChI is InChI=1S/C29H22N4S/c1-18-5-14-26-27(17-18)34-29(33-26)20-8-12-22(13-9-20)32-28-25-4-2-3-23(24(25)15-16-31-28)19-6-10-21(30)11-7-19/h2-17H,30H2,1H3,(H,31,32). The van der Waals surface area contributed by atoms with Gasteiger partial charge in [-0.1, -0.05) is 36.4 Å². The average Bonchev–Trinajstić information content (AvgIpc) is 3.28. The van der Waals surface area contributed by atoms with Gasteiger partial charge in [-0.25, -0.2) is 9.97 Å². The first-order valence-electron chi connectivity index (χ1n) is 11.1. The molecule has 0 atom stereocenters. The molecule has 0 unspecified atom stereocenters. The van der Waals surface area contributed by atoms with Crippen molar-refractivity contribution in [3.05, 3.63) is 103 Å². The summed E-state index contributed by atoms with van der Waals surface area (Å²) in [6, 6.07) is 31.1. The molecule has 34 heavy (non-hydrogen) atoms. The maximum Gasteiger partial charge on any atom is 0.138 e. The number of rotatable bonds is 4. The third kappa shape index (κ3) is 3.76. The molecule has 0 bridgehead atoms. The van der Waals surface area contributed by atoms with Crippen molar-refractivity contribution < 1.29 is 0 Å². The van der Waals surface area contributed by atoms with Gasteiger partial charge in [0.25, 0.3) is 0 Å². The van der Waals surface area contributed by atoms with E-state index in [4.69, 9.17) is 10.7 Å². The molecule has 0 aliphatic rings. The summed E-state index contributed by atoms with van der Waals surface area (Å²) < 4.78 is 1.22. The van der Waals surface area contributed by atoms with E-state index in [1.165, 1.54) is 10.3 Å². The van der Waals surface area contributed by atoms with Crippen LogP contribution in [0, 0.1) is 6.92 Å². The second kappa shape index (κ2) is 8.28. The van der Waals surface area contributed by atoms with E-state index in [1.54, 1.807) is 11.3 Å². The summed E-state index contributed by atoms with van der Waals surface area (Å²) in [7, 11) is 0. The van der Waals surface area contributed by atoms with E-state index in [1.807, 2.05) is 18.3 Å². The van der Waals surface area contributed by atoms with Gasteiger partial charge in [0, 0.05) is 28.5 Å². The van der Waals surface area contributed by atoms with E-state index in [2.05, 4.69) is 96.1 Å². The molecule has 3 N–H and O–H groups in total. The van der Waals surface area contributed by atoms with E-state index in [9.17, 15) is 0 Å². The first kappa shape index (κ1) is 20.4. The molecule has 0 fully saturated rings. The van der Waals surface area contributed by atoms with Crippen molar-refractivity contribution in [3.63, 3.8) is 0 Å². The summed E-state index contributed by atoms with van der Waals surface area (Å²) in [6.45, 7) is 2.11. The van der Waals surface area contributed by atoms with Crippen molar-refractivity contribution in [1.29, 1.82) is 0 Å². The molecule has 0 aliphatic carbocycles. The number of aryl methyl sites for hydroxylation is 1. The van der Waals surface area contributed by atoms with E-state index in [0.717, 1.165) is 55.2 Å². The Morgan fingerprint density at radius 2 is 1.59 bits per heavy atom. The van der Waals surface area contributed by atoms with Crippen LogP contribution in [0.3, 0.4) is 0 Å². The van der Waals surface area contributed by atoms with Crippen molar-refractivity contribution in [2.24, 2.45) is 0 Å². The van der Waals surface area contributed by atoms with Crippen LogP contribution in [0.4, 0.5) is 17.2 Å².